The smallest absolute Gasteiger partial charge is 0.253 e. The normalized spacial score (nSPS) is 12.2. The lowest BCUT2D eigenvalue weighted by atomic mass is 10.2. The van der Waals surface area contributed by atoms with Crippen LogP contribution in [0.2, 0.25) is 0 Å². The molecule has 0 aromatic carbocycles. The number of pyridine rings is 1. The van der Waals surface area contributed by atoms with Crippen molar-refractivity contribution < 1.29 is 13.9 Å². The predicted molar refractivity (Wildman–Crippen MR) is 58.0 cm³/mol. The Morgan fingerprint density at radius 1 is 1.69 bits per heavy atom. The number of nitrogens with zero attached hydrogens (tertiary/aromatic N) is 1. The van der Waals surface area contributed by atoms with Gasteiger partial charge in [-0.15, -0.1) is 11.6 Å². The molecule has 1 aromatic rings. The second-order valence-electron chi connectivity index (χ2n) is 3.15. The highest BCUT2D eigenvalue weighted by Gasteiger charge is 2.09. The van der Waals surface area contributed by atoms with E-state index in [1.54, 1.807) is 0 Å². The van der Waals surface area contributed by atoms with E-state index >= 15 is 0 Å². The van der Waals surface area contributed by atoms with Crippen LogP contribution in [0.3, 0.4) is 0 Å². The fourth-order valence-corrected chi connectivity index (χ4v) is 1.28. The molecule has 1 heterocycles. The lowest BCUT2D eigenvalue weighted by molar-refractivity contribution is 0.0948. The van der Waals surface area contributed by atoms with Crippen LogP contribution in [0, 0.1) is 5.82 Å². The minimum atomic E-state index is -0.549. The van der Waals surface area contributed by atoms with Crippen LogP contribution in [0.5, 0.6) is 0 Å². The average Bonchev–Trinajstić information content (AvgIpc) is 2.26. The molecule has 1 amide bonds. The second kappa shape index (κ2) is 6.40. The van der Waals surface area contributed by atoms with Crippen LogP contribution in [0.1, 0.15) is 10.4 Å². The van der Waals surface area contributed by atoms with E-state index in [9.17, 15) is 9.18 Å². The summed E-state index contributed by atoms with van der Waals surface area (Å²) in [4.78, 5) is 15.1. The fourth-order valence-electron chi connectivity index (χ4n) is 1.08. The van der Waals surface area contributed by atoms with Gasteiger partial charge in [0.25, 0.3) is 5.91 Å². The second-order valence-corrected chi connectivity index (χ2v) is 3.77. The van der Waals surface area contributed by atoms with Crippen molar-refractivity contribution in [2.24, 2.45) is 0 Å². The molecule has 0 aliphatic carbocycles. The van der Waals surface area contributed by atoms with E-state index in [2.05, 4.69) is 10.3 Å². The lowest BCUT2D eigenvalue weighted by Crippen LogP contribution is -2.31. The molecular formula is C10H12ClFN2O2. The number of alkyl halides is 1. The molecule has 1 atom stereocenters. The van der Waals surface area contributed by atoms with E-state index in [1.807, 2.05) is 0 Å². The van der Waals surface area contributed by atoms with Crippen LogP contribution in [-0.4, -0.2) is 36.5 Å². The quantitative estimate of drug-likeness (QED) is 0.795. The van der Waals surface area contributed by atoms with E-state index in [1.165, 1.54) is 13.3 Å². The van der Waals surface area contributed by atoms with Gasteiger partial charge in [-0.2, -0.15) is 0 Å². The summed E-state index contributed by atoms with van der Waals surface area (Å²) >= 11 is 5.81. The van der Waals surface area contributed by atoms with Gasteiger partial charge in [0.05, 0.1) is 23.7 Å². The maximum atomic E-state index is 12.8. The number of hydrogen-bond acceptors (Lipinski definition) is 3. The van der Waals surface area contributed by atoms with Gasteiger partial charge in [-0.1, -0.05) is 0 Å². The van der Waals surface area contributed by atoms with Gasteiger partial charge < -0.3 is 10.1 Å². The van der Waals surface area contributed by atoms with Crippen molar-refractivity contribution in [1.29, 1.82) is 0 Å². The minimum Gasteiger partial charge on any atom is -0.383 e. The average molecular weight is 247 g/mol. The standard InChI is InChI=1S/C10H12ClFN2O2/c1-16-6-8(11)4-14-10(15)7-2-9(12)5-13-3-7/h2-3,5,8H,4,6H2,1H3,(H,14,15). The summed E-state index contributed by atoms with van der Waals surface area (Å²) in [5, 5.41) is 2.24. The van der Waals surface area contributed by atoms with Crippen molar-refractivity contribution in [3.8, 4) is 0 Å². The van der Waals surface area contributed by atoms with Gasteiger partial charge in [0.1, 0.15) is 5.82 Å². The van der Waals surface area contributed by atoms with Gasteiger partial charge >= 0.3 is 0 Å². The van der Waals surface area contributed by atoms with E-state index in [0.717, 1.165) is 12.3 Å². The number of hydrogen-bond donors (Lipinski definition) is 1. The van der Waals surface area contributed by atoms with Crippen molar-refractivity contribution in [3.05, 3.63) is 29.8 Å². The predicted octanol–water partition coefficient (Wildman–Crippen LogP) is 1.20. The monoisotopic (exact) mass is 246 g/mol. The van der Waals surface area contributed by atoms with Gasteiger partial charge in [0, 0.05) is 19.9 Å². The molecule has 1 aromatic heterocycles. The Balaban J connectivity index is 2.47. The Hall–Kier alpha value is -1.20. The molecule has 0 saturated carbocycles. The highest BCUT2D eigenvalue weighted by Crippen LogP contribution is 2.01. The first-order chi connectivity index (χ1) is 7.63. The van der Waals surface area contributed by atoms with Gasteiger partial charge in [0.15, 0.2) is 0 Å². The number of carbonyl (C=O) groups is 1. The number of nitrogens with one attached hydrogen (secondary N) is 1. The molecular weight excluding hydrogens is 235 g/mol. The molecule has 0 aliphatic rings. The largest absolute Gasteiger partial charge is 0.383 e. The number of amides is 1. The summed E-state index contributed by atoms with van der Waals surface area (Å²) in [7, 11) is 1.52. The zero-order valence-electron chi connectivity index (χ0n) is 8.74. The number of carbonyl (C=O) groups excluding carboxylic acids is 1. The maximum absolute atomic E-state index is 12.8. The first kappa shape index (κ1) is 12.9. The molecule has 0 bridgehead atoms. The summed E-state index contributed by atoms with van der Waals surface area (Å²) in [6, 6.07) is 1.11. The molecule has 0 spiro atoms. The third-order valence-electron chi connectivity index (χ3n) is 1.80. The zero-order chi connectivity index (χ0) is 12.0. The number of ether oxygens (including phenoxy) is 1. The highest BCUT2D eigenvalue weighted by atomic mass is 35.5. The minimum absolute atomic E-state index is 0.168. The van der Waals surface area contributed by atoms with Crippen LogP contribution < -0.4 is 5.32 Å². The summed E-state index contributed by atoms with van der Waals surface area (Å²) in [5.41, 5.74) is 0.168. The number of halogens is 2. The summed E-state index contributed by atoms with van der Waals surface area (Å²) in [6.45, 7) is 0.591. The van der Waals surface area contributed by atoms with Gasteiger partial charge in [-0.05, 0) is 6.07 Å². The number of methoxy groups -OCH3 is 1. The van der Waals surface area contributed by atoms with Crippen LogP contribution in [0.25, 0.3) is 0 Å². The molecule has 0 saturated heterocycles. The fraction of sp³-hybridized carbons (Fsp3) is 0.400. The van der Waals surface area contributed by atoms with E-state index in [4.69, 9.17) is 16.3 Å². The molecule has 0 fully saturated rings. The van der Waals surface area contributed by atoms with Gasteiger partial charge in [-0.3, -0.25) is 9.78 Å². The van der Waals surface area contributed by atoms with Crippen LogP contribution in [0.4, 0.5) is 4.39 Å². The van der Waals surface area contributed by atoms with Crippen molar-refractivity contribution in [1.82, 2.24) is 10.3 Å². The van der Waals surface area contributed by atoms with Gasteiger partial charge in [0.2, 0.25) is 0 Å². The first-order valence-corrected chi connectivity index (χ1v) is 5.09. The summed E-state index contributed by atoms with van der Waals surface area (Å²) < 4.78 is 17.6. The Morgan fingerprint density at radius 3 is 3.06 bits per heavy atom. The van der Waals surface area contributed by atoms with Crippen LogP contribution in [0.15, 0.2) is 18.5 Å². The Morgan fingerprint density at radius 2 is 2.44 bits per heavy atom. The summed E-state index contributed by atoms with van der Waals surface area (Å²) in [6.07, 6.45) is 2.32. The highest BCUT2D eigenvalue weighted by molar-refractivity contribution is 6.21. The number of rotatable bonds is 5. The molecule has 0 radical (unpaired) electrons. The molecule has 4 nitrogen and oxygen atoms in total. The van der Waals surface area contributed by atoms with Crippen molar-refractivity contribution >= 4 is 17.5 Å². The van der Waals surface area contributed by atoms with Crippen molar-refractivity contribution in [2.45, 2.75) is 5.38 Å². The maximum Gasteiger partial charge on any atom is 0.253 e. The van der Waals surface area contributed by atoms with Crippen molar-refractivity contribution in [2.75, 3.05) is 20.3 Å². The Labute approximate surface area is 97.8 Å². The van der Waals surface area contributed by atoms with Crippen LogP contribution in [-0.2, 0) is 4.74 Å². The molecule has 1 N–H and O–H groups in total. The molecule has 0 aliphatic heterocycles. The van der Waals surface area contributed by atoms with Crippen LogP contribution >= 0.6 is 11.6 Å². The Kier molecular flexibility index (Phi) is 5.14. The molecule has 1 rings (SSSR count). The molecule has 16 heavy (non-hydrogen) atoms. The molecule has 6 heteroatoms. The zero-order valence-corrected chi connectivity index (χ0v) is 9.50. The molecule has 88 valence electrons. The third kappa shape index (κ3) is 4.12. The van der Waals surface area contributed by atoms with E-state index in [-0.39, 0.29) is 17.5 Å². The van der Waals surface area contributed by atoms with E-state index in [0.29, 0.717) is 6.61 Å². The first-order valence-electron chi connectivity index (χ1n) is 4.65. The summed E-state index contributed by atoms with van der Waals surface area (Å²) in [5.74, 6) is -0.958. The SMILES string of the molecule is COCC(Cl)CNC(=O)c1cncc(F)c1. The topological polar surface area (TPSA) is 51.2 Å². The Bertz CT molecular complexity index is 362. The lowest BCUT2D eigenvalue weighted by Gasteiger charge is -2.09. The van der Waals surface area contributed by atoms with E-state index < -0.39 is 11.7 Å². The van der Waals surface area contributed by atoms with Gasteiger partial charge in [-0.25, -0.2) is 4.39 Å². The number of aromatic nitrogens is 1. The van der Waals surface area contributed by atoms with Crippen molar-refractivity contribution in [3.63, 3.8) is 0 Å². The third-order valence-corrected chi connectivity index (χ3v) is 2.08. The molecule has 1 unspecified atom stereocenters.